The van der Waals surface area contributed by atoms with E-state index < -0.39 is 0 Å². The Morgan fingerprint density at radius 1 is 1.19 bits per heavy atom. The summed E-state index contributed by atoms with van der Waals surface area (Å²) in [6.45, 7) is 9.96. The van der Waals surface area contributed by atoms with Crippen LogP contribution >= 0.6 is 0 Å². The molecule has 1 fully saturated rings. The highest BCUT2D eigenvalue weighted by atomic mass is 16.3. The molecule has 1 aliphatic rings. The molecule has 0 aromatic heterocycles. The molecule has 1 aliphatic heterocycles. The van der Waals surface area contributed by atoms with Crippen LogP contribution in [0.5, 0.6) is 0 Å². The molecule has 1 aromatic carbocycles. The fourth-order valence-electron chi connectivity index (χ4n) is 3.32. The molecule has 0 unspecified atom stereocenters. The van der Waals surface area contributed by atoms with Crippen LogP contribution in [0.4, 0.5) is 0 Å². The molecule has 0 radical (unpaired) electrons. The topological polar surface area (TPSA) is 51.1 Å². The monoisotopic (exact) mass is 360 g/mol. The summed E-state index contributed by atoms with van der Waals surface area (Å²) in [6, 6.07) is 8.85. The third kappa shape index (κ3) is 6.96. The Morgan fingerprint density at radius 2 is 1.85 bits per heavy atom. The molecular formula is C21H36N4O. The van der Waals surface area contributed by atoms with Crippen molar-refractivity contribution in [3.63, 3.8) is 0 Å². The van der Waals surface area contributed by atoms with Gasteiger partial charge in [0.25, 0.3) is 0 Å². The molecule has 146 valence electrons. The van der Waals surface area contributed by atoms with E-state index in [0.29, 0.717) is 0 Å². The second-order valence-electron chi connectivity index (χ2n) is 7.19. The number of rotatable bonds is 8. The van der Waals surface area contributed by atoms with Gasteiger partial charge in [0.1, 0.15) is 0 Å². The number of nitrogens with one attached hydrogen (secondary N) is 1. The fraction of sp³-hybridized carbons (Fsp3) is 0.667. The number of guanidine groups is 1. The molecule has 0 spiro atoms. The number of hydrogen-bond acceptors (Lipinski definition) is 3. The lowest BCUT2D eigenvalue weighted by molar-refractivity contribution is 0.0824. The molecule has 2 N–H and O–H groups in total. The maximum Gasteiger partial charge on any atom is 0.193 e. The van der Waals surface area contributed by atoms with Gasteiger partial charge in [-0.1, -0.05) is 31.2 Å². The second kappa shape index (κ2) is 11.2. The Kier molecular flexibility index (Phi) is 8.92. The highest BCUT2D eigenvalue weighted by molar-refractivity contribution is 5.79. The average Bonchev–Trinajstić information content (AvgIpc) is 2.66. The van der Waals surface area contributed by atoms with E-state index in [0.717, 1.165) is 70.9 Å². The molecule has 2 rings (SSSR count). The number of nitrogens with zero attached hydrogens (tertiary/aromatic N) is 3. The van der Waals surface area contributed by atoms with E-state index >= 15 is 0 Å². The molecular weight excluding hydrogens is 324 g/mol. The Balaban J connectivity index is 1.80. The summed E-state index contributed by atoms with van der Waals surface area (Å²) in [5, 5.41) is 13.0. The first-order valence-corrected chi connectivity index (χ1v) is 10.1. The van der Waals surface area contributed by atoms with Gasteiger partial charge in [0.2, 0.25) is 0 Å². The minimum Gasteiger partial charge on any atom is -0.393 e. The summed E-state index contributed by atoms with van der Waals surface area (Å²) in [5.74, 6) is 0.973. The summed E-state index contributed by atoms with van der Waals surface area (Å²) in [7, 11) is 2.10. The SMILES string of the molecule is CCNC(=NCCCN1CCC(O)CC1)N(C)Cc1ccc(CC)cc1. The largest absolute Gasteiger partial charge is 0.393 e. The number of likely N-dealkylation sites (tertiary alicyclic amines) is 1. The van der Waals surface area contributed by atoms with Crippen molar-refractivity contribution in [1.82, 2.24) is 15.1 Å². The van der Waals surface area contributed by atoms with E-state index in [-0.39, 0.29) is 6.10 Å². The van der Waals surface area contributed by atoms with E-state index in [1.165, 1.54) is 11.1 Å². The molecule has 0 aliphatic carbocycles. The zero-order valence-corrected chi connectivity index (χ0v) is 16.7. The van der Waals surface area contributed by atoms with Crippen molar-refractivity contribution >= 4 is 5.96 Å². The van der Waals surface area contributed by atoms with Crippen LogP contribution in [0.15, 0.2) is 29.3 Å². The summed E-state index contributed by atoms with van der Waals surface area (Å²) >= 11 is 0. The van der Waals surface area contributed by atoms with E-state index in [2.05, 4.69) is 60.3 Å². The number of aliphatic hydroxyl groups is 1. The minimum atomic E-state index is -0.0929. The molecule has 1 saturated heterocycles. The predicted molar refractivity (Wildman–Crippen MR) is 110 cm³/mol. The first kappa shape index (κ1) is 20.7. The van der Waals surface area contributed by atoms with Crippen LogP contribution in [-0.4, -0.2) is 66.7 Å². The third-order valence-corrected chi connectivity index (χ3v) is 5.00. The quantitative estimate of drug-likeness (QED) is 0.425. The normalized spacial score (nSPS) is 16.7. The van der Waals surface area contributed by atoms with Gasteiger partial charge < -0.3 is 20.2 Å². The molecule has 5 heteroatoms. The van der Waals surface area contributed by atoms with Crippen LogP contribution in [0.3, 0.4) is 0 Å². The van der Waals surface area contributed by atoms with Crippen LogP contribution in [0.25, 0.3) is 0 Å². The van der Waals surface area contributed by atoms with Gasteiger partial charge >= 0.3 is 0 Å². The van der Waals surface area contributed by atoms with Crippen molar-refractivity contribution in [2.45, 2.75) is 52.2 Å². The predicted octanol–water partition coefficient (Wildman–Crippen LogP) is 2.49. The Hall–Kier alpha value is -1.59. The average molecular weight is 361 g/mol. The molecule has 1 heterocycles. The van der Waals surface area contributed by atoms with Crippen molar-refractivity contribution in [3.8, 4) is 0 Å². The van der Waals surface area contributed by atoms with Crippen LogP contribution in [0.2, 0.25) is 0 Å². The van der Waals surface area contributed by atoms with Gasteiger partial charge in [-0.05, 0) is 50.3 Å². The van der Waals surface area contributed by atoms with Gasteiger partial charge in [-0.2, -0.15) is 0 Å². The minimum absolute atomic E-state index is 0.0929. The molecule has 26 heavy (non-hydrogen) atoms. The standard InChI is InChI=1S/C21H36N4O/c1-4-18-7-9-19(10-8-18)17-24(3)21(22-5-2)23-13-6-14-25-15-11-20(26)12-16-25/h7-10,20,26H,4-6,11-17H2,1-3H3,(H,22,23). The highest BCUT2D eigenvalue weighted by Gasteiger charge is 2.16. The summed E-state index contributed by atoms with van der Waals surface area (Å²) < 4.78 is 0. The number of piperidine rings is 1. The lowest BCUT2D eigenvalue weighted by atomic mass is 10.1. The lowest BCUT2D eigenvalue weighted by Crippen LogP contribution is -2.39. The Bertz CT molecular complexity index is 535. The molecule has 0 bridgehead atoms. The highest BCUT2D eigenvalue weighted by Crippen LogP contribution is 2.10. The van der Waals surface area contributed by atoms with E-state index in [1.54, 1.807) is 0 Å². The van der Waals surface area contributed by atoms with Gasteiger partial charge in [-0.3, -0.25) is 4.99 Å². The van der Waals surface area contributed by atoms with Gasteiger partial charge in [0.05, 0.1) is 6.10 Å². The first-order chi connectivity index (χ1) is 12.6. The van der Waals surface area contributed by atoms with Crippen molar-refractivity contribution in [3.05, 3.63) is 35.4 Å². The third-order valence-electron chi connectivity index (χ3n) is 5.00. The zero-order chi connectivity index (χ0) is 18.8. The molecule has 0 saturated carbocycles. The molecule has 0 amide bonds. The number of hydrogen-bond donors (Lipinski definition) is 2. The second-order valence-corrected chi connectivity index (χ2v) is 7.19. The van der Waals surface area contributed by atoms with Crippen molar-refractivity contribution in [2.24, 2.45) is 4.99 Å². The smallest absolute Gasteiger partial charge is 0.193 e. The van der Waals surface area contributed by atoms with Crippen LogP contribution in [-0.2, 0) is 13.0 Å². The van der Waals surface area contributed by atoms with E-state index in [1.807, 2.05) is 0 Å². The Labute approximate surface area is 159 Å². The fourth-order valence-corrected chi connectivity index (χ4v) is 3.32. The van der Waals surface area contributed by atoms with Crippen molar-refractivity contribution in [2.75, 3.05) is 39.8 Å². The number of aryl methyl sites for hydroxylation is 1. The van der Waals surface area contributed by atoms with Crippen molar-refractivity contribution < 1.29 is 5.11 Å². The first-order valence-electron chi connectivity index (χ1n) is 10.1. The molecule has 5 nitrogen and oxygen atoms in total. The molecule has 1 aromatic rings. The van der Waals surface area contributed by atoms with E-state index in [9.17, 15) is 5.11 Å². The van der Waals surface area contributed by atoms with Gasteiger partial charge in [0.15, 0.2) is 5.96 Å². The van der Waals surface area contributed by atoms with Crippen LogP contribution in [0.1, 0.15) is 44.2 Å². The number of aliphatic hydroxyl groups excluding tert-OH is 1. The molecule has 0 atom stereocenters. The van der Waals surface area contributed by atoms with E-state index in [4.69, 9.17) is 4.99 Å². The summed E-state index contributed by atoms with van der Waals surface area (Å²) in [5.41, 5.74) is 2.68. The van der Waals surface area contributed by atoms with Crippen LogP contribution < -0.4 is 5.32 Å². The lowest BCUT2D eigenvalue weighted by Gasteiger charge is -2.29. The summed E-state index contributed by atoms with van der Waals surface area (Å²) in [4.78, 5) is 9.43. The maximum absolute atomic E-state index is 9.58. The maximum atomic E-state index is 9.58. The van der Waals surface area contributed by atoms with Gasteiger partial charge in [0, 0.05) is 39.8 Å². The van der Waals surface area contributed by atoms with Gasteiger partial charge in [-0.15, -0.1) is 0 Å². The van der Waals surface area contributed by atoms with Gasteiger partial charge in [-0.25, -0.2) is 0 Å². The zero-order valence-electron chi connectivity index (χ0n) is 16.7. The number of aliphatic imine (C=N–C) groups is 1. The Morgan fingerprint density at radius 3 is 2.46 bits per heavy atom. The summed E-state index contributed by atoms with van der Waals surface area (Å²) in [6.07, 6.45) is 3.86. The van der Waals surface area contributed by atoms with Crippen molar-refractivity contribution in [1.29, 1.82) is 0 Å². The van der Waals surface area contributed by atoms with Crippen LogP contribution in [0, 0.1) is 0 Å². The number of benzene rings is 1.